The van der Waals surface area contributed by atoms with Crippen molar-refractivity contribution in [1.82, 2.24) is 10.2 Å². The van der Waals surface area contributed by atoms with Crippen LogP contribution in [0.4, 0.5) is 0 Å². The average Bonchev–Trinajstić information content (AvgIpc) is 2.61. The zero-order chi connectivity index (χ0) is 10.8. The van der Waals surface area contributed by atoms with Gasteiger partial charge in [0.05, 0.1) is 5.52 Å². The molecular weight excluding hydrogens is 188 g/mol. The third-order valence-corrected chi connectivity index (χ3v) is 2.77. The van der Waals surface area contributed by atoms with E-state index in [4.69, 9.17) is 0 Å². The highest BCUT2D eigenvalue weighted by atomic mass is 16.1. The molecule has 1 atom stereocenters. The van der Waals surface area contributed by atoms with Crippen LogP contribution in [0.3, 0.4) is 0 Å². The molecule has 0 spiro atoms. The molecule has 0 bridgehead atoms. The van der Waals surface area contributed by atoms with Crippen molar-refractivity contribution < 1.29 is 4.79 Å². The Hall–Kier alpha value is -1.64. The number of carbonyl (C=O) groups is 1. The summed E-state index contributed by atoms with van der Waals surface area (Å²) >= 11 is 0. The van der Waals surface area contributed by atoms with Crippen molar-refractivity contribution in [1.29, 1.82) is 0 Å². The van der Waals surface area contributed by atoms with E-state index in [2.05, 4.69) is 23.2 Å². The maximum Gasteiger partial charge on any atom is 0.120 e. The Bertz CT molecular complexity index is 487. The fourth-order valence-corrected chi connectivity index (χ4v) is 1.94. The van der Waals surface area contributed by atoms with E-state index in [9.17, 15) is 4.79 Å². The van der Waals surface area contributed by atoms with Crippen molar-refractivity contribution in [3.8, 4) is 0 Å². The van der Waals surface area contributed by atoms with Crippen LogP contribution in [-0.2, 0) is 4.79 Å². The summed E-state index contributed by atoms with van der Waals surface area (Å²) in [6, 6.07) is 6.04. The van der Waals surface area contributed by atoms with Gasteiger partial charge in [0, 0.05) is 17.5 Å². The number of fused-ring (bicyclic) bond motifs is 1. The number of hydrogen-bond donors (Lipinski definition) is 1. The van der Waals surface area contributed by atoms with Gasteiger partial charge in [-0.3, -0.25) is 5.10 Å². The van der Waals surface area contributed by atoms with Gasteiger partial charge in [-0.15, -0.1) is 0 Å². The second-order valence-electron chi connectivity index (χ2n) is 3.89. The SMILES string of the molecule is Cc1[nH]nc2cccc(C(C)CC=O)c12. The van der Waals surface area contributed by atoms with Crippen LogP contribution in [0.1, 0.15) is 30.5 Å². The monoisotopic (exact) mass is 202 g/mol. The number of carbonyl (C=O) groups excluding carboxylic acids is 1. The lowest BCUT2D eigenvalue weighted by atomic mass is 9.94. The number of aryl methyl sites for hydroxylation is 1. The van der Waals surface area contributed by atoms with E-state index in [1.54, 1.807) is 0 Å². The predicted molar refractivity (Wildman–Crippen MR) is 59.9 cm³/mol. The van der Waals surface area contributed by atoms with Crippen LogP contribution < -0.4 is 0 Å². The average molecular weight is 202 g/mol. The minimum Gasteiger partial charge on any atom is -0.303 e. The summed E-state index contributed by atoms with van der Waals surface area (Å²) in [5.41, 5.74) is 3.24. The van der Waals surface area contributed by atoms with Gasteiger partial charge in [0.25, 0.3) is 0 Å². The van der Waals surface area contributed by atoms with Crippen LogP contribution in [-0.4, -0.2) is 16.5 Å². The van der Waals surface area contributed by atoms with Crippen LogP contribution in [0.15, 0.2) is 18.2 Å². The van der Waals surface area contributed by atoms with E-state index < -0.39 is 0 Å². The predicted octanol–water partition coefficient (Wildman–Crippen LogP) is 2.56. The minimum atomic E-state index is 0.252. The van der Waals surface area contributed by atoms with E-state index in [-0.39, 0.29) is 5.92 Å². The number of rotatable bonds is 3. The largest absolute Gasteiger partial charge is 0.303 e. The Morgan fingerprint density at radius 1 is 1.53 bits per heavy atom. The molecule has 1 unspecified atom stereocenters. The number of H-pyrrole nitrogens is 1. The van der Waals surface area contributed by atoms with Crippen molar-refractivity contribution in [2.45, 2.75) is 26.2 Å². The zero-order valence-corrected chi connectivity index (χ0v) is 8.95. The van der Waals surface area contributed by atoms with E-state index in [0.717, 1.165) is 22.9 Å². The van der Waals surface area contributed by atoms with Crippen LogP contribution >= 0.6 is 0 Å². The van der Waals surface area contributed by atoms with Crippen molar-refractivity contribution >= 4 is 17.2 Å². The third-order valence-electron chi connectivity index (χ3n) is 2.77. The van der Waals surface area contributed by atoms with Crippen LogP contribution in [0, 0.1) is 6.92 Å². The Labute approximate surface area is 88.5 Å². The maximum absolute atomic E-state index is 10.5. The van der Waals surface area contributed by atoms with Gasteiger partial charge in [0.2, 0.25) is 0 Å². The van der Waals surface area contributed by atoms with Gasteiger partial charge in [-0.25, -0.2) is 0 Å². The first-order valence-corrected chi connectivity index (χ1v) is 5.11. The molecule has 2 aromatic rings. The van der Waals surface area contributed by atoms with Crippen LogP contribution in [0.2, 0.25) is 0 Å². The molecule has 0 aliphatic carbocycles. The molecule has 3 heteroatoms. The molecule has 0 fully saturated rings. The third kappa shape index (κ3) is 1.65. The molecule has 15 heavy (non-hydrogen) atoms. The van der Waals surface area contributed by atoms with Crippen molar-refractivity contribution in [2.24, 2.45) is 0 Å². The summed E-state index contributed by atoms with van der Waals surface area (Å²) in [7, 11) is 0. The summed E-state index contributed by atoms with van der Waals surface area (Å²) in [6.07, 6.45) is 1.53. The minimum absolute atomic E-state index is 0.252. The lowest BCUT2D eigenvalue weighted by Crippen LogP contribution is -1.95. The maximum atomic E-state index is 10.5. The standard InChI is InChI=1S/C12H14N2O/c1-8(6-7-15)10-4-3-5-11-12(10)9(2)13-14-11/h3-5,7-8H,6H2,1-2H3,(H,13,14). The zero-order valence-electron chi connectivity index (χ0n) is 8.95. The molecule has 0 aliphatic heterocycles. The number of nitrogens with zero attached hydrogens (tertiary/aromatic N) is 1. The molecule has 0 aliphatic rings. The fraction of sp³-hybridized carbons (Fsp3) is 0.333. The van der Waals surface area contributed by atoms with Crippen molar-refractivity contribution in [3.63, 3.8) is 0 Å². The Morgan fingerprint density at radius 2 is 2.33 bits per heavy atom. The van der Waals surface area contributed by atoms with E-state index >= 15 is 0 Å². The molecule has 0 amide bonds. The van der Waals surface area contributed by atoms with Gasteiger partial charge < -0.3 is 4.79 Å². The lowest BCUT2D eigenvalue weighted by molar-refractivity contribution is -0.108. The van der Waals surface area contributed by atoms with Gasteiger partial charge in [-0.1, -0.05) is 19.1 Å². The molecule has 0 radical (unpaired) electrons. The van der Waals surface area contributed by atoms with Gasteiger partial charge in [-0.2, -0.15) is 5.10 Å². The second kappa shape index (κ2) is 3.85. The Morgan fingerprint density at radius 3 is 3.07 bits per heavy atom. The number of hydrogen-bond acceptors (Lipinski definition) is 2. The molecule has 1 heterocycles. The quantitative estimate of drug-likeness (QED) is 0.777. The summed E-state index contributed by atoms with van der Waals surface area (Å²) in [5.74, 6) is 0.252. The molecule has 0 saturated carbocycles. The van der Waals surface area contributed by atoms with Gasteiger partial charge in [0.1, 0.15) is 6.29 Å². The molecular formula is C12H14N2O. The van der Waals surface area contributed by atoms with Crippen LogP contribution in [0.5, 0.6) is 0 Å². The highest BCUT2D eigenvalue weighted by Crippen LogP contribution is 2.27. The molecule has 2 rings (SSSR count). The molecule has 1 N–H and O–H groups in total. The van der Waals surface area contributed by atoms with Gasteiger partial charge in [-0.05, 0) is 24.5 Å². The van der Waals surface area contributed by atoms with E-state index in [1.165, 1.54) is 5.56 Å². The van der Waals surface area contributed by atoms with Crippen LogP contribution in [0.25, 0.3) is 10.9 Å². The molecule has 1 aromatic carbocycles. The lowest BCUT2D eigenvalue weighted by Gasteiger charge is -2.09. The first-order chi connectivity index (χ1) is 7.24. The smallest absolute Gasteiger partial charge is 0.120 e. The first kappa shape index (κ1) is 9.90. The number of aromatic nitrogens is 2. The summed E-state index contributed by atoms with van der Waals surface area (Å²) in [4.78, 5) is 10.5. The summed E-state index contributed by atoms with van der Waals surface area (Å²) < 4.78 is 0. The highest BCUT2D eigenvalue weighted by molar-refractivity contribution is 5.85. The Kier molecular flexibility index (Phi) is 2.54. The number of nitrogens with one attached hydrogen (secondary N) is 1. The number of benzene rings is 1. The normalized spacial score (nSPS) is 12.9. The summed E-state index contributed by atoms with van der Waals surface area (Å²) in [5, 5.41) is 8.34. The highest BCUT2D eigenvalue weighted by Gasteiger charge is 2.12. The second-order valence-corrected chi connectivity index (χ2v) is 3.89. The van der Waals surface area contributed by atoms with Gasteiger partial charge in [0.15, 0.2) is 0 Å². The van der Waals surface area contributed by atoms with Crippen molar-refractivity contribution in [2.75, 3.05) is 0 Å². The molecule has 1 aromatic heterocycles. The fourth-order valence-electron chi connectivity index (χ4n) is 1.94. The topological polar surface area (TPSA) is 45.8 Å². The first-order valence-electron chi connectivity index (χ1n) is 5.11. The van der Waals surface area contributed by atoms with Crippen molar-refractivity contribution in [3.05, 3.63) is 29.5 Å². The molecule has 0 saturated heterocycles. The molecule has 78 valence electrons. The van der Waals surface area contributed by atoms with Gasteiger partial charge >= 0.3 is 0 Å². The summed E-state index contributed by atoms with van der Waals surface area (Å²) in [6.45, 7) is 4.07. The van der Waals surface area contributed by atoms with E-state index in [0.29, 0.717) is 6.42 Å². The number of aromatic amines is 1. The molecule has 3 nitrogen and oxygen atoms in total. The number of aldehydes is 1. The Balaban J connectivity index is 2.58. The van der Waals surface area contributed by atoms with E-state index in [1.807, 2.05) is 19.1 Å².